The Labute approximate surface area is 137 Å². The maximum Gasteiger partial charge on any atom is 0.152 e. The summed E-state index contributed by atoms with van der Waals surface area (Å²) in [4.78, 5) is 6.98. The normalized spacial score (nSPS) is 23.3. The third-order valence-electron chi connectivity index (χ3n) is 4.48. The number of hydrogen-bond acceptors (Lipinski definition) is 5. The van der Waals surface area contributed by atoms with E-state index in [1.807, 2.05) is 17.6 Å². The molecule has 0 spiro atoms. The highest BCUT2D eigenvalue weighted by atomic mass is 16.5. The van der Waals surface area contributed by atoms with Crippen molar-refractivity contribution in [3.63, 3.8) is 0 Å². The summed E-state index contributed by atoms with van der Waals surface area (Å²) in [5.74, 6) is 0.885. The van der Waals surface area contributed by atoms with Crippen molar-refractivity contribution < 1.29 is 4.74 Å². The first-order valence-corrected chi connectivity index (χ1v) is 8.30. The van der Waals surface area contributed by atoms with E-state index in [9.17, 15) is 0 Å². The Hall–Kier alpha value is -1.66. The van der Waals surface area contributed by atoms with E-state index in [1.165, 1.54) is 0 Å². The molecular weight excluding hydrogens is 290 g/mol. The van der Waals surface area contributed by atoms with E-state index in [1.54, 1.807) is 6.20 Å². The minimum atomic E-state index is 0.0237. The summed E-state index contributed by atoms with van der Waals surface area (Å²) in [5.41, 5.74) is 2.04. The number of ether oxygens (including phenoxy) is 1. The van der Waals surface area contributed by atoms with Crippen molar-refractivity contribution in [3.8, 4) is 0 Å². The third kappa shape index (κ3) is 3.48. The average Bonchev–Trinajstić information content (AvgIpc) is 2.85. The number of nitrogens with zero attached hydrogens (tertiary/aromatic N) is 4. The average molecular weight is 317 g/mol. The minimum absolute atomic E-state index is 0.0237. The van der Waals surface area contributed by atoms with Gasteiger partial charge in [-0.05, 0) is 40.7 Å². The maximum absolute atomic E-state index is 5.85. The lowest BCUT2D eigenvalue weighted by Gasteiger charge is -2.45. The maximum atomic E-state index is 5.85. The van der Waals surface area contributed by atoms with Crippen LogP contribution >= 0.6 is 0 Å². The molecule has 0 saturated carbocycles. The lowest BCUT2D eigenvalue weighted by Crippen LogP contribution is -2.57. The molecule has 2 aromatic heterocycles. The van der Waals surface area contributed by atoms with Crippen LogP contribution < -0.4 is 5.32 Å². The van der Waals surface area contributed by atoms with Gasteiger partial charge in [0, 0.05) is 37.6 Å². The molecule has 0 aliphatic carbocycles. The van der Waals surface area contributed by atoms with Crippen LogP contribution in [0.25, 0.3) is 5.52 Å². The lowest BCUT2D eigenvalue weighted by molar-refractivity contribution is -0.0933. The summed E-state index contributed by atoms with van der Waals surface area (Å²) in [5, 5.41) is 7.95. The fraction of sp³-hybridized carbons (Fsp3) is 0.647. The molecule has 126 valence electrons. The van der Waals surface area contributed by atoms with Crippen molar-refractivity contribution in [2.45, 2.75) is 52.4 Å². The Kier molecular flexibility index (Phi) is 4.29. The molecule has 0 radical (unpaired) electrons. The predicted octanol–water partition coefficient (Wildman–Crippen LogP) is 2.34. The molecule has 0 bridgehead atoms. The molecule has 6 heteroatoms. The molecule has 1 saturated heterocycles. The number of aryl methyl sites for hydroxylation is 1. The van der Waals surface area contributed by atoms with Gasteiger partial charge in [-0.2, -0.15) is 5.10 Å². The summed E-state index contributed by atoms with van der Waals surface area (Å²) in [6.07, 6.45) is 4.21. The molecule has 3 heterocycles. The number of fused-ring (bicyclic) bond motifs is 1. The van der Waals surface area contributed by atoms with E-state index >= 15 is 0 Å². The number of aromatic nitrogens is 3. The van der Waals surface area contributed by atoms with Crippen LogP contribution in [0.2, 0.25) is 0 Å². The van der Waals surface area contributed by atoms with Crippen molar-refractivity contribution in [1.82, 2.24) is 19.5 Å². The van der Waals surface area contributed by atoms with Gasteiger partial charge in [0.25, 0.3) is 0 Å². The summed E-state index contributed by atoms with van der Waals surface area (Å²) in [7, 11) is 0. The predicted molar refractivity (Wildman–Crippen MR) is 91.9 cm³/mol. The SMILES string of the molecule is Cc1cc2c(NCC(C)(C)N3CC(C)OC(C)C3)nccn2n1. The number of nitrogens with one attached hydrogen (secondary N) is 1. The highest BCUT2D eigenvalue weighted by Crippen LogP contribution is 2.23. The second-order valence-corrected chi connectivity index (χ2v) is 7.22. The van der Waals surface area contributed by atoms with Crippen LogP contribution in [0.4, 0.5) is 5.82 Å². The number of hydrogen-bond donors (Lipinski definition) is 1. The largest absolute Gasteiger partial charge is 0.373 e. The van der Waals surface area contributed by atoms with Crippen LogP contribution in [0.5, 0.6) is 0 Å². The van der Waals surface area contributed by atoms with Gasteiger partial charge >= 0.3 is 0 Å². The monoisotopic (exact) mass is 317 g/mol. The van der Waals surface area contributed by atoms with E-state index in [4.69, 9.17) is 4.74 Å². The summed E-state index contributed by atoms with van der Waals surface area (Å²) in [6.45, 7) is 13.6. The van der Waals surface area contributed by atoms with Crippen molar-refractivity contribution in [3.05, 3.63) is 24.2 Å². The van der Waals surface area contributed by atoms with Crippen LogP contribution in [0.15, 0.2) is 18.5 Å². The molecule has 1 N–H and O–H groups in total. The van der Waals surface area contributed by atoms with Gasteiger partial charge in [-0.3, -0.25) is 4.90 Å². The smallest absolute Gasteiger partial charge is 0.152 e. The highest BCUT2D eigenvalue weighted by molar-refractivity contribution is 5.67. The van der Waals surface area contributed by atoms with Gasteiger partial charge in [0.05, 0.1) is 17.9 Å². The topological polar surface area (TPSA) is 54.7 Å². The molecule has 1 aliphatic rings. The van der Waals surface area contributed by atoms with Crippen LogP contribution in [0.3, 0.4) is 0 Å². The molecule has 3 rings (SSSR count). The second kappa shape index (κ2) is 6.09. The van der Waals surface area contributed by atoms with Gasteiger partial charge in [0.1, 0.15) is 5.52 Å². The van der Waals surface area contributed by atoms with E-state index in [0.29, 0.717) is 0 Å². The molecule has 2 unspecified atom stereocenters. The molecule has 6 nitrogen and oxygen atoms in total. The van der Waals surface area contributed by atoms with E-state index in [0.717, 1.165) is 36.7 Å². The van der Waals surface area contributed by atoms with Gasteiger partial charge < -0.3 is 10.1 Å². The number of morpholine rings is 1. The minimum Gasteiger partial charge on any atom is -0.373 e. The van der Waals surface area contributed by atoms with Crippen molar-refractivity contribution in [2.24, 2.45) is 0 Å². The second-order valence-electron chi connectivity index (χ2n) is 7.22. The van der Waals surface area contributed by atoms with Gasteiger partial charge in [-0.1, -0.05) is 0 Å². The molecule has 23 heavy (non-hydrogen) atoms. The molecule has 0 aromatic carbocycles. The standard InChI is InChI=1S/C17H27N5O/c1-12-8-15-16(18-6-7-22(15)20-12)19-11-17(4,5)21-9-13(2)23-14(3)10-21/h6-8,13-14H,9-11H2,1-5H3,(H,18,19). The fourth-order valence-corrected chi connectivity index (χ4v) is 3.26. The van der Waals surface area contributed by atoms with Crippen LogP contribution in [0, 0.1) is 6.92 Å². The first kappa shape index (κ1) is 16.2. The number of anilines is 1. The molecule has 1 aliphatic heterocycles. The first-order valence-electron chi connectivity index (χ1n) is 8.30. The number of rotatable bonds is 4. The van der Waals surface area contributed by atoms with Gasteiger partial charge in [-0.15, -0.1) is 0 Å². The van der Waals surface area contributed by atoms with E-state index < -0.39 is 0 Å². The first-order chi connectivity index (χ1) is 10.8. The van der Waals surface area contributed by atoms with Gasteiger partial charge in [-0.25, -0.2) is 9.50 Å². The molecular formula is C17H27N5O. The Balaban J connectivity index is 1.73. The Morgan fingerprint density at radius 1 is 1.30 bits per heavy atom. The lowest BCUT2D eigenvalue weighted by atomic mass is 10.00. The quantitative estimate of drug-likeness (QED) is 0.938. The van der Waals surface area contributed by atoms with Crippen LogP contribution in [-0.2, 0) is 4.74 Å². The molecule has 2 atom stereocenters. The van der Waals surface area contributed by atoms with Crippen LogP contribution in [-0.4, -0.2) is 56.9 Å². The summed E-state index contributed by atoms with van der Waals surface area (Å²) < 4.78 is 7.72. The third-order valence-corrected chi connectivity index (χ3v) is 4.48. The molecule has 2 aromatic rings. The van der Waals surface area contributed by atoms with Crippen molar-refractivity contribution in [2.75, 3.05) is 25.0 Å². The summed E-state index contributed by atoms with van der Waals surface area (Å²) >= 11 is 0. The van der Waals surface area contributed by atoms with Crippen LogP contribution in [0.1, 0.15) is 33.4 Å². The Morgan fingerprint density at radius 3 is 2.70 bits per heavy atom. The van der Waals surface area contributed by atoms with Crippen molar-refractivity contribution in [1.29, 1.82) is 0 Å². The molecule has 1 fully saturated rings. The highest BCUT2D eigenvalue weighted by Gasteiger charge is 2.33. The zero-order valence-electron chi connectivity index (χ0n) is 14.7. The van der Waals surface area contributed by atoms with E-state index in [-0.39, 0.29) is 17.7 Å². The zero-order chi connectivity index (χ0) is 16.6. The van der Waals surface area contributed by atoms with Gasteiger partial charge in [0.15, 0.2) is 5.82 Å². The Morgan fingerprint density at radius 2 is 2.00 bits per heavy atom. The Bertz CT molecular complexity index is 671. The molecule has 0 amide bonds. The van der Waals surface area contributed by atoms with Gasteiger partial charge in [0.2, 0.25) is 0 Å². The van der Waals surface area contributed by atoms with Crippen molar-refractivity contribution >= 4 is 11.3 Å². The zero-order valence-corrected chi connectivity index (χ0v) is 14.7. The fourth-order valence-electron chi connectivity index (χ4n) is 3.26. The summed E-state index contributed by atoms with van der Waals surface area (Å²) in [6, 6.07) is 2.06. The van der Waals surface area contributed by atoms with E-state index in [2.05, 4.69) is 54.1 Å².